The van der Waals surface area contributed by atoms with Crippen molar-refractivity contribution in [1.29, 1.82) is 0 Å². The number of pyridine rings is 2. The lowest BCUT2D eigenvalue weighted by atomic mass is 9.83. The van der Waals surface area contributed by atoms with Crippen molar-refractivity contribution in [2.75, 3.05) is 23.3 Å². The fraction of sp³-hybridized carbons (Fsp3) is 0.500. The highest BCUT2D eigenvalue weighted by atomic mass is 32.2. The highest BCUT2D eigenvalue weighted by Crippen LogP contribution is 2.35. The quantitative estimate of drug-likeness (QED) is 0.689. The largest absolute Gasteiger partial charge is 0.356 e. The van der Waals surface area contributed by atoms with Gasteiger partial charge in [-0.2, -0.15) is 0 Å². The molecule has 0 saturated carbocycles. The first-order valence-corrected chi connectivity index (χ1v) is 12.2. The summed E-state index contributed by atoms with van der Waals surface area (Å²) in [6.07, 6.45) is 0.967. The standard InChI is InChI=1S/C22H29F2N5O3S/c1-14-12-16(21(2,3)4)18(19(27-14)29-10-5-7-22(23,24)8-11-29)20(30)28-15-6-9-26-17(13-15)33(25,31)32/h6,9,12-13H,5,7-8,10-11H2,1-4H3,(H2,25,31,32)(H,26,28,30). The number of primary sulfonamides is 1. The number of aromatic nitrogens is 2. The van der Waals surface area contributed by atoms with Gasteiger partial charge in [0.1, 0.15) is 5.82 Å². The van der Waals surface area contributed by atoms with Crippen LogP contribution in [-0.2, 0) is 15.4 Å². The fourth-order valence-corrected chi connectivity index (χ4v) is 4.31. The second-order valence-electron chi connectivity index (χ2n) is 9.34. The van der Waals surface area contributed by atoms with Crippen LogP contribution in [0.2, 0.25) is 0 Å². The lowest BCUT2D eigenvalue weighted by Crippen LogP contribution is -2.32. The third kappa shape index (κ3) is 6.02. The number of halogens is 2. The summed E-state index contributed by atoms with van der Waals surface area (Å²) >= 11 is 0. The first kappa shape index (κ1) is 25.0. The number of hydrogen-bond donors (Lipinski definition) is 2. The van der Waals surface area contributed by atoms with E-state index in [1.165, 1.54) is 12.3 Å². The van der Waals surface area contributed by atoms with Gasteiger partial charge in [0.15, 0.2) is 5.03 Å². The average molecular weight is 482 g/mol. The van der Waals surface area contributed by atoms with Gasteiger partial charge in [0, 0.05) is 49.6 Å². The second-order valence-corrected chi connectivity index (χ2v) is 10.8. The zero-order chi connectivity index (χ0) is 24.6. The Kier molecular flexibility index (Phi) is 6.77. The van der Waals surface area contributed by atoms with Gasteiger partial charge in [-0.05, 0) is 36.5 Å². The SMILES string of the molecule is Cc1cc(C(C)(C)C)c(C(=O)Nc2ccnc(S(N)(=O)=O)c2)c(N2CCCC(F)(F)CC2)n1. The lowest BCUT2D eigenvalue weighted by molar-refractivity contribution is -0.0102. The molecule has 0 aliphatic carbocycles. The Morgan fingerprint density at radius 2 is 1.91 bits per heavy atom. The summed E-state index contributed by atoms with van der Waals surface area (Å²) in [5.41, 5.74) is 1.39. The van der Waals surface area contributed by atoms with Crippen LogP contribution in [0.3, 0.4) is 0 Å². The summed E-state index contributed by atoms with van der Waals surface area (Å²) in [7, 11) is -4.06. The molecule has 180 valence electrons. The maximum absolute atomic E-state index is 14.0. The number of hydrogen-bond acceptors (Lipinski definition) is 6. The monoisotopic (exact) mass is 481 g/mol. The third-order valence-electron chi connectivity index (χ3n) is 5.47. The first-order chi connectivity index (χ1) is 15.2. The molecule has 11 heteroatoms. The number of carbonyl (C=O) groups excluding carboxylic acids is 1. The Morgan fingerprint density at radius 1 is 1.21 bits per heavy atom. The number of nitrogens with zero attached hydrogens (tertiary/aromatic N) is 3. The third-order valence-corrected chi connectivity index (χ3v) is 6.27. The molecule has 33 heavy (non-hydrogen) atoms. The van der Waals surface area contributed by atoms with E-state index in [2.05, 4.69) is 15.3 Å². The molecule has 1 saturated heterocycles. The minimum atomic E-state index is -4.06. The van der Waals surface area contributed by atoms with E-state index >= 15 is 0 Å². The summed E-state index contributed by atoms with van der Waals surface area (Å²) in [4.78, 5) is 23.5. The van der Waals surface area contributed by atoms with Crippen LogP contribution in [0.15, 0.2) is 29.4 Å². The van der Waals surface area contributed by atoms with Crippen molar-refractivity contribution in [2.24, 2.45) is 5.14 Å². The molecule has 2 aromatic rings. The zero-order valence-corrected chi connectivity index (χ0v) is 20.0. The predicted molar refractivity (Wildman–Crippen MR) is 122 cm³/mol. The zero-order valence-electron chi connectivity index (χ0n) is 19.2. The maximum Gasteiger partial charge on any atom is 0.259 e. The van der Waals surface area contributed by atoms with Crippen molar-refractivity contribution in [3.05, 3.63) is 41.2 Å². The van der Waals surface area contributed by atoms with Gasteiger partial charge >= 0.3 is 0 Å². The Morgan fingerprint density at radius 3 is 2.55 bits per heavy atom. The molecule has 0 aromatic carbocycles. The van der Waals surface area contributed by atoms with Crippen LogP contribution in [0.1, 0.15) is 61.6 Å². The van der Waals surface area contributed by atoms with E-state index in [0.29, 0.717) is 23.6 Å². The van der Waals surface area contributed by atoms with Gasteiger partial charge < -0.3 is 10.2 Å². The van der Waals surface area contributed by atoms with Gasteiger partial charge in [-0.15, -0.1) is 0 Å². The van der Waals surface area contributed by atoms with Crippen molar-refractivity contribution in [1.82, 2.24) is 9.97 Å². The van der Waals surface area contributed by atoms with Crippen molar-refractivity contribution in [3.8, 4) is 0 Å². The van der Waals surface area contributed by atoms with Crippen LogP contribution < -0.4 is 15.4 Å². The summed E-state index contributed by atoms with van der Waals surface area (Å²) in [5, 5.41) is 7.46. The van der Waals surface area contributed by atoms with E-state index < -0.39 is 27.3 Å². The van der Waals surface area contributed by atoms with E-state index in [1.54, 1.807) is 11.8 Å². The van der Waals surface area contributed by atoms with Gasteiger partial charge in [-0.3, -0.25) is 4.79 Å². The number of carbonyl (C=O) groups is 1. The first-order valence-electron chi connectivity index (χ1n) is 10.6. The van der Waals surface area contributed by atoms with E-state index in [9.17, 15) is 22.0 Å². The highest BCUT2D eigenvalue weighted by Gasteiger charge is 2.35. The molecule has 3 heterocycles. The summed E-state index contributed by atoms with van der Waals surface area (Å²) in [5.74, 6) is -2.93. The maximum atomic E-state index is 14.0. The molecule has 0 bridgehead atoms. The number of alkyl halides is 2. The van der Waals surface area contributed by atoms with Crippen LogP contribution in [0.5, 0.6) is 0 Å². The molecule has 1 amide bonds. The van der Waals surface area contributed by atoms with Gasteiger partial charge in [0.25, 0.3) is 15.9 Å². The molecule has 1 aliphatic heterocycles. The number of sulfonamides is 1. The molecular formula is C22H29F2N5O3S. The van der Waals surface area contributed by atoms with Crippen molar-refractivity contribution >= 4 is 27.4 Å². The minimum absolute atomic E-state index is 0.0676. The van der Waals surface area contributed by atoms with Gasteiger partial charge in [0.05, 0.1) is 5.56 Å². The van der Waals surface area contributed by atoms with Crippen LogP contribution in [0.4, 0.5) is 20.3 Å². The smallest absolute Gasteiger partial charge is 0.259 e. The van der Waals surface area contributed by atoms with Crippen LogP contribution in [-0.4, -0.2) is 43.3 Å². The Balaban J connectivity index is 2.08. The highest BCUT2D eigenvalue weighted by molar-refractivity contribution is 7.89. The van der Waals surface area contributed by atoms with Crippen LogP contribution in [0, 0.1) is 6.92 Å². The van der Waals surface area contributed by atoms with E-state index in [4.69, 9.17) is 5.14 Å². The molecule has 3 N–H and O–H groups in total. The number of aryl methyl sites for hydroxylation is 1. The van der Waals surface area contributed by atoms with Gasteiger partial charge in [0.2, 0.25) is 5.92 Å². The molecule has 0 spiro atoms. The molecule has 8 nitrogen and oxygen atoms in total. The number of rotatable bonds is 4. The number of nitrogens with two attached hydrogens (primary N) is 1. The molecule has 2 aromatic heterocycles. The number of nitrogens with one attached hydrogen (secondary N) is 1. The second kappa shape index (κ2) is 8.94. The number of anilines is 2. The topological polar surface area (TPSA) is 118 Å². The average Bonchev–Trinajstić information content (AvgIpc) is 2.86. The molecule has 0 atom stereocenters. The van der Waals surface area contributed by atoms with Crippen LogP contribution >= 0.6 is 0 Å². The molecular weight excluding hydrogens is 452 g/mol. The summed E-state index contributed by atoms with van der Waals surface area (Å²) < 4.78 is 51.2. The van der Waals surface area contributed by atoms with E-state index in [0.717, 1.165) is 6.07 Å². The molecule has 3 rings (SSSR count). The van der Waals surface area contributed by atoms with Gasteiger partial charge in [-0.1, -0.05) is 20.8 Å². The molecule has 1 fully saturated rings. The molecule has 0 unspecified atom stereocenters. The lowest BCUT2D eigenvalue weighted by Gasteiger charge is -2.29. The summed E-state index contributed by atoms with van der Waals surface area (Å²) in [6.45, 7) is 8.06. The van der Waals surface area contributed by atoms with E-state index in [1.807, 2.05) is 26.8 Å². The normalized spacial score (nSPS) is 16.9. The van der Waals surface area contributed by atoms with Crippen molar-refractivity contribution < 1.29 is 22.0 Å². The van der Waals surface area contributed by atoms with E-state index in [-0.39, 0.29) is 42.1 Å². The summed E-state index contributed by atoms with van der Waals surface area (Å²) in [6, 6.07) is 4.42. The van der Waals surface area contributed by atoms with Crippen molar-refractivity contribution in [2.45, 2.75) is 63.3 Å². The predicted octanol–water partition coefficient (Wildman–Crippen LogP) is 3.61. The van der Waals surface area contributed by atoms with Gasteiger partial charge in [-0.25, -0.2) is 32.3 Å². The van der Waals surface area contributed by atoms with Crippen LogP contribution in [0.25, 0.3) is 0 Å². The molecule has 0 radical (unpaired) electrons. The molecule has 1 aliphatic rings. The number of amides is 1. The fourth-order valence-electron chi connectivity index (χ4n) is 3.81. The Labute approximate surface area is 192 Å². The Hall–Kier alpha value is -2.66. The Bertz CT molecular complexity index is 1160. The minimum Gasteiger partial charge on any atom is -0.356 e. The van der Waals surface area contributed by atoms with Crippen molar-refractivity contribution in [3.63, 3.8) is 0 Å².